The van der Waals surface area contributed by atoms with Crippen molar-refractivity contribution in [2.75, 3.05) is 13.2 Å². The van der Waals surface area contributed by atoms with Crippen molar-refractivity contribution in [3.05, 3.63) is 75.3 Å². The summed E-state index contributed by atoms with van der Waals surface area (Å²) in [6.45, 7) is 4.78. The molecule has 8 nitrogen and oxygen atoms in total. The maximum Gasteiger partial charge on any atom is 0.295 e. The molecule has 1 amide bonds. The van der Waals surface area contributed by atoms with Crippen LogP contribution in [-0.2, 0) is 9.59 Å². The number of carbonyl (C=O) groups excluding carboxylic acids is 2. The molecule has 1 saturated heterocycles. The molecule has 0 aliphatic carbocycles. The third kappa shape index (κ3) is 4.64. The number of carbonyl (C=O) groups is 2. The number of ketones is 1. The molecule has 32 heavy (non-hydrogen) atoms. The Morgan fingerprint density at radius 1 is 1.12 bits per heavy atom. The number of hydrogen-bond donors (Lipinski definition) is 1. The van der Waals surface area contributed by atoms with Crippen molar-refractivity contribution in [1.29, 1.82) is 0 Å². The number of unbranched alkanes of at least 4 members (excludes halogenated alkanes) is 2. The maximum absolute atomic E-state index is 13.0. The quantitative estimate of drug-likeness (QED) is 0.153. The smallest absolute Gasteiger partial charge is 0.295 e. The van der Waals surface area contributed by atoms with E-state index >= 15 is 0 Å². The van der Waals surface area contributed by atoms with Crippen LogP contribution in [0.15, 0.2) is 54.1 Å². The van der Waals surface area contributed by atoms with E-state index in [1.807, 2.05) is 13.8 Å². The standard InChI is InChI=1S/C24H26N2O6/c1-3-5-6-14-25-21(16-10-12-19(13-11-16)32-4-2)20(23(28)24(25)29)22(27)17-8-7-9-18(15-17)26(30)31/h7-13,15,21,27H,3-6,14H2,1-2H3/b22-20-. The highest BCUT2D eigenvalue weighted by molar-refractivity contribution is 6.46. The molecular weight excluding hydrogens is 412 g/mol. The predicted octanol–water partition coefficient (Wildman–Crippen LogP) is 4.61. The van der Waals surface area contributed by atoms with Gasteiger partial charge in [-0.1, -0.05) is 44.0 Å². The number of hydrogen-bond acceptors (Lipinski definition) is 6. The van der Waals surface area contributed by atoms with Gasteiger partial charge in [-0.3, -0.25) is 19.7 Å². The van der Waals surface area contributed by atoms with Gasteiger partial charge in [0, 0.05) is 24.2 Å². The average Bonchev–Trinajstić information content (AvgIpc) is 3.04. The van der Waals surface area contributed by atoms with Gasteiger partial charge in [0.25, 0.3) is 17.4 Å². The highest BCUT2D eigenvalue weighted by Gasteiger charge is 2.45. The molecule has 1 heterocycles. The molecule has 0 radical (unpaired) electrons. The summed E-state index contributed by atoms with van der Waals surface area (Å²) < 4.78 is 5.48. The summed E-state index contributed by atoms with van der Waals surface area (Å²) in [5, 5.41) is 22.2. The number of aliphatic hydroxyl groups excluding tert-OH is 1. The van der Waals surface area contributed by atoms with Gasteiger partial charge in [-0.05, 0) is 31.0 Å². The van der Waals surface area contributed by atoms with Gasteiger partial charge in [-0.2, -0.15) is 0 Å². The number of nitro groups is 1. The van der Waals surface area contributed by atoms with Crippen LogP contribution < -0.4 is 4.74 Å². The van der Waals surface area contributed by atoms with E-state index in [1.54, 1.807) is 24.3 Å². The third-order valence-electron chi connectivity index (χ3n) is 5.38. The molecule has 1 unspecified atom stereocenters. The van der Waals surface area contributed by atoms with E-state index in [0.29, 0.717) is 30.9 Å². The second kappa shape index (κ2) is 10.1. The number of ether oxygens (including phenoxy) is 1. The molecule has 0 aromatic heterocycles. The van der Waals surface area contributed by atoms with E-state index in [1.165, 1.54) is 29.2 Å². The molecule has 1 fully saturated rings. The van der Waals surface area contributed by atoms with E-state index in [2.05, 4.69) is 0 Å². The van der Waals surface area contributed by atoms with Crippen LogP contribution in [0.4, 0.5) is 5.69 Å². The lowest BCUT2D eigenvalue weighted by molar-refractivity contribution is -0.384. The van der Waals surface area contributed by atoms with Crippen LogP contribution in [-0.4, -0.2) is 39.8 Å². The number of nitrogens with zero attached hydrogens (tertiary/aromatic N) is 2. The number of likely N-dealkylation sites (tertiary alicyclic amines) is 1. The Hall–Kier alpha value is -3.68. The van der Waals surface area contributed by atoms with Crippen LogP contribution in [0.5, 0.6) is 5.75 Å². The zero-order valence-corrected chi connectivity index (χ0v) is 18.1. The topological polar surface area (TPSA) is 110 Å². The molecule has 168 valence electrons. The van der Waals surface area contributed by atoms with Gasteiger partial charge >= 0.3 is 0 Å². The van der Waals surface area contributed by atoms with E-state index in [-0.39, 0.29) is 16.8 Å². The summed E-state index contributed by atoms with van der Waals surface area (Å²) in [4.78, 5) is 37.9. The van der Waals surface area contributed by atoms with Gasteiger partial charge in [0.05, 0.1) is 23.1 Å². The van der Waals surface area contributed by atoms with Crippen molar-refractivity contribution >= 4 is 23.1 Å². The zero-order valence-electron chi connectivity index (χ0n) is 18.1. The number of benzene rings is 2. The van der Waals surface area contributed by atoms with Gasteiger partial charge in [-0.25, -0.2) is 0 Å². The fraction of sp³-hybridized carbons (Fsp3) is 0.333. The molecule has 0 saturated carbocycles. The van der Waals surface area contributed by atoms with Crippen molar-refractivity contribution in [3.8, 4) is 5.75 Å². The highest BCUT2D eigenvalue weighted by Crippen LogP contribution is 2.40. The molecule has 1 aliphatic rings. The lowest BCUT2D eigenvalue weighted by atomic mass is 9.95. The summed E-state index contributed by atoms with van der Waals surface area (Å²) in [5.74, 6) is -1.27. The summed E-state index contributed by atoms with van der Waals surface area (Å²) in [7, 11) is 0. The summed E-state index contributed by atoms with van der Waals surface area (Å²) >= 11 is 0. The minimum absolute atomic E-state index is 0.0730. The van der Waals surface area contributed by atoms with E-state index in [9.17, 15) is 24.8 Å². The van der Waals surface area contributed by atoms with Crippen molar-refractivity contribution in [1.82, 2.24) is 4.90 Å². The number of amides is 1. The Morgan fingerprint density at radius 2 is 1.84 bits per heavy atom. The molecule has 1 aliphatic heterocycles. The minimum Gasteiger partial charge on any atom is -0.507 e. The SMILES string of the molecule is CCCCCN1C(=O)C(=O)/C(=C(\O)c2cccc([N+](=O)[O-])c2)C1c1ccc(OCC)cc1. The lowest BCUT2D eigenvalue weighted by Gasteiger charge is -2.25. The second-order valence-electron chi connectivity index (χ2n) is 7.51. The highest BCUT2D eigenvalue weighted by atomic mass is 16.6. The number of nitro benzene ring substituents is 1. The first kappa shape index (κ1) is 23.0. The van der Waals surface area contributed by atoms with Crippen LogP contribution in [0.25, 0.3) is 5.76 Å². The summed E-state index contributed by atoms with van der Waals surface area (Å²) in [6, 6.07) is 11.6. The Morgan fingerprint density at radius 3 is 2.47 bits per heavy atom. The van der Waals surface area contributed by atoms with Crippen molar-refractivity contribution < 1.29 is 24.4 Å². The molecule has 2 aromatic rings. The molecule has 0 spiro atoms. The molecule has 1 N–H and O–H groups in total. The molecule has 0 bridgehead atoms. The molecule has 2 aromatic carbocycles. The average molecular weight is 438 g/mol. The van der Waals surface area contributed by atoms with Gasteiger partial charge in [0.2, 0.25) is 0 Å². The lowest BCUT2D eigenvalue weighted by Crippen LogP contribution is -2.30. The Balaban J connectivity index is 2.11. The molecular formula is C24H26N2O6. The van der Waals surface area contributed by atoms with Crippen LogP contribution in [0.3, 0.4) is 0 Å². The van der Waals surface area contributed by atoms with Crippen LogP contribution in [0, 0.1) is 10.1 Å². The zero-order chi connectivity index (χ0) is 23.3. The van der Waals surface area contributed by atoms with Crippen LogP contribution in [0.2, 0.25) is 0 Å². The first-order valence-corrected chi connectivity index (χ1v) is 10.6. The number of aliphatic hydroxyl groups is 1. The maximum atomic E-state index is 13.0. The second-order valence-corrected chi connectivity index (χ2v) is 7.51. The first-order valence-electron chi connectivity index (χ1n) is 10.6. The monoisotopic (exact) mass is 438 g/mol. The summed E-state index contributed by atoms with van der Waals surface area (Å²) in [6.07, 6.45) is 2.56. The Bertz CT molecular complexity index is 1040. The Kier molecular flexibility index (Phi) is 7.25. The van der Waals surface area contributed by atoms with E-state index < -0.39 is 28.4 Å². The largest absolute Gasteiger partial charge is 0.507 e. The van der Waals surface area contributed by atoms with Crippen LogP contribution in [0.1, 0.15) is 50.3 Å². The minimum atomic E-state index is -0.801. The van der Waals surface area contributed by atoms with Crippen LogP contribution >= 0.6 is 0 Å². The number of non-ortho nitro benzene ring substituents is 1. The fourth-order valence-electron chi connectivity index (χ4n) is 3.82. The third-order valence-corrected chi connectivity index (χ3v) is 5.38. The molecule has 1 atom stereocenters. The van der Waals surface area contributed by atoms with E-state index in [0.717, 1.165) is 12.8 Å². The summed E-state index contributed by atoms with van der Waals surface area (Å²) in [5.41, 5.74) is 0.470. The van der Waals surface area contributed by atoms with Crippen molar-refractivity contribution in [3.63, 3.8) is 0 Å². The van der Waals surface area contributed by atoms with Gasteiger partial charge in [0.1, 0.15) is 11.5 Å². The number of Topliss-reactive ketones (excluding diaryl/α,β-unsaturated/α-hetero) is 1. The molecule has 8 heteroatoms. The fourth-order valence-corrected chi connectivity index (χ4v) is 3.82. The van der Waals surface area contributed by atoms with E-state index in [4.69, 9.17) is 4.74 Å². The predicted molar refractivity (Wildman–Crippen MR) is 119 cm³/mol. The van der Waals surface area contributed by atoms with Crippen molar-refractivity contribution in [2.45, 2.75) is 39.2 Å². The molecule has 3 rings (SSSR count). The van der Waals surface area contributed by atoms with Gasteiger partial charge < -0.3 is 14.7 Å². The normalized spacial score (nSPS) is 17.6. The first-order chi connectivity index (χ1) is 15.4. The van der Waals surface area contributed by atoms with Crippen molar-refractivity contribution in [2.24, 2.45) is 0 Å². The Labute approximate surface area is 186 Å². The number of rotatable bonds is 9. The van der Waals surface area contributed by atoms with Gasteiger partial charge in [-0.15, -0.1) is 0 Å². The van der Waals surface area contributed by atoms with Gasteiger partial charge in [0.15, 0.2) is 0 Å².